The van der Waals surface area contributed by atoms with E-state index < -0.39 is 0 Å². The molecule has 0 saturated heterocycles. The number of rotatable bonds is 3. The fourth-order valence-electron chi connectivity index (χ4n) is 1.51. The van der Waals surface area contributed by atoms with Gasteiger partial charge in [-0.3, -0.25) is 14.5 Å². The standard InChI is InChI=1S/C11H9N7O/c19-11(10-14-6-15-17-10)16-8-1-2-9(13-5-8)18-4-3-12-7-18/h1-7H,(H,16,19)(H,14,15,17). The SMILES string of the molecule is O=C(Nc1ccc(-n2ccnc2)nc1)c1ncn[nH]1. The number of carbonyl (C=O) groups excluding carboxylic acids is 1. The molecule has 0 aliphatic heterocycles. The highest BCUT2D eigenvalue weighted by molar-refractivity contribution is 6.01. The van der Waals surface area contributed by atoms with Gasteiger partial charge in [-0.2, -0.15) is 5.10 Å². The molecule has 94 valence electrons. The highest BCUT2D eigenvalue weighted by atomic mass is 16.2. The molecule has 3 aromatic rings. The minimum absolute atomic E-state index is 0.152. The molecule has 1 amide bonds. The average Bonchev–Trinajstić information content (AvgIpc) is 3.13. The molecule has 0 saturated carbocycles. The summed E-state index contributed by atoms with van der Waals surface area (Å²) in [6.45, 7) is 0. The van der Waals surface area contributed by atoms with Crippen molar-refractivity contribution in [3.8, 4) is 5.82 Å². The molecule has 0 unspecified atom stereocenters. The zero-order chi connectivity index (χ0) is 13.1. The predicted octanol–water partition coefficient (Wildman–Crippen LogP) is 0.638. The van der Waals surface area contributed by atoms with Crippen LogP contribution < -0.4 is 5.32 Å². The number of aromatic amines is 1. The lowest BCUT2D eigenvalue weighted by Crippen LogP contribution is -2.14. The first-order valence-electron chi connectivity index (χ1n) is 5.44. The molecule has 3 heterocycles. The summed E-state index contributed by atoms with van der Waals surface area (Å²) in [6, 6.07) is 3.52. The number of anilines is 1. The molecular weight excluding hydrogens is 246 g/mol. The lowest BCUT2D eigenvalue weighted by atomic mass is 10.4. The molecule has 3 aromatic heterocycles. The lowest BCUT2D eigenvalue weighted by molar-refractivity contribution is 0.101. The van der Waals surface area contributed by atoms with Gasteiger partial charge < -0.3 is 5.32 Å². The average molecular weight is 255 g/mol. The topological polar surface area (TPSA) is 101 Å². The number of hydrogen-bond acceptors (Lipinski definition) is 5. The van der Waals surface area contributed by atoms with E-state index in [2.05, 4.69) is 30.5 Å². The van der Waals surface area contributed by atoms with Gasteiger partial charge in [0.25, 0.3) is 5.91 Å². The van der Waals surface area contributed by atoms with Crippen LogP contribution in [0.25, 0.3) is 5.82 Å². The van der Waals surface area contributed by atoms with Crippen LogP contribution in [0, 0.1) is 0 Å². The first-order valence-corrected chi connectivity index (χ1v) is 5.44. The number of hydrogen-bond donors (Lipinski definition) is 2. The van der Waals surface area contributed by atoms with Crippen molar-refractivity contribution in [3.63, 3.8) is 0 Å². The van der Waals surface area contributed by atoms with Gasteiger partial charge in [-0.15, -0.1) is 0 Å². The first kappa shape index (κ1) is 11.1. The summed E-state index contributed by atoms with van der Waals surface area (Å²) in [6.07, 6.45) is 7.93. The molecule has 8 nitrogen and oxygen atoms in total. The van der Waals surface area contributed by atoms with Crippen LogP contribution in [0.15, 0.2) is 43.4 Å². The maximum Gasteiger partial charge on any atom is 0.293 e. The Bertz CT molecular complexity index is 658. The van der Waals surface area contributed by atoms with Crippen LogP contribution in [0.3, 0.4) is 0 Å². The van der Waals surface area contributed by atoms with Crippen LogP contribution in [0.5, 0.6) is 0 Å². The van der Waals surface area contributed by atoms with Crippen molar-refractivity contribution in [2.75, 3.05) is 5.32 Å². The van der Waals surface area contributed by atoms with Crippen LogP contribution >= 0.6 is 0 Å². The highest BCUT2D eigenvalue weighted by Crippen LogP contribution is 2.10. The Morgan fingerprint density at radius 2 is 2.26 bits per heavy atom. The molecule has 0 bridgehead atoms. The van der Waals surface area contributed by atoms with Gasteiger partial charge in [-0.05, 0) is 12.1 Å². The molecule has 0 fully saturated rings. The minimum Gasteiger partial charge on any atom is -0.318 e. The molecular formula is C11H9N7O. The summed E-state index contributed by atoms with van der Waals surface area (Å²) in [5.41, 5.74) is 0.574. The summed E-state index contributed by atoms with van der Waals surface area (Å²) < 4.78 is 1.77. The predicted molar refractivity (Wildman–Crippen MR) is 65.7 cm³/mol. The fourth-order valence-corrected chi connectivity index (χ4v) is 1.51. The van der Waals surface area contributed by atoms with Crippen molar-refractivity contribution in [2.24, 2.45) is 0 Å². The number of nitrogens with one attached hydrogen (secondary N) is 2. The Hall–Kier alpha value is -3.03. The van der Waals surface area contributed by atoms with Gasteiger partial charge in [0.2, 0.25) is 5.82 Å². The van der Waals surface area contributed by atoms with Crippen molar-refractivity contribution < 1.29 is 4.79 Å². The van der Waals surface area contributed by atoms with Crippen LogP contribution in [0.2, 0.25) is 0 Å². The smallest absolute Gasteiger partial charge is 0.293 e. The second-order valence-electron chi connectivity index (χ2n) is 3.66. The monoisotopic (exact) mass is 255 g/mol. The molecule has 0 spiro atoms. The van der Waals surface area contributed by atoms with Crippen LogP contribution in [0.1, 0.15) is 10.6 Å². The summed E-state index contributed by atoms with van der Waals surface area (Å²) in [5.74, 6) is 0.503. The third-order valence-electron chi connectivity index (χ3n) is 2.40. The third kappa shape index (κ3) is 2.32. The Labute approximate surface area is 107 Å². The zero-order valence-electron chi connectivity index (χ0n) is 9.69. The maximum absolute atomic E-state index is 11.7. The van der Waals surface area contributed by atoms with E-state index >= 15 is 0 Å². The van der Waals surface area contributed by atoms with Gasteiger partial charge in [0, 0.05) is 12.4 Å². The van der Waals surface area contributed by atoms with E-state index in [9.17, 15) is 4.79 Å². The van der Waals surface area contributed by atoms with E-state index in [4.69, 9.17) is 0 Å². The van der Waals surface area contributed by atoms with E-state index in [-0.39, 0.29) is 11.7 Å². The Morgan fingerprint density at radius 1 is 1.32 bits per heavy atom. The lowest BCUT2D eigenvalue weighted by Gasteiger charge is -2.04. The largest absolute Gasteiger partial charge is 0.318 e. The van der Waals surface area contributed by atoms with E-state index in [1.807, 2.05) is 0 Å². The van der Waals surface area contributed by atoms with Crippen LogP contribution in [-0.2, 0) is 0 Å². The number of pyridine rings is 1. The molecule has 2 N–H and O–H groups in total. The fraction of sp³-hybridized carbons (Fsp3) is 0. The number of nitrogens with zero attached hydrogens (tertiary/aromatic N) is 5. The van der Waals surface area contributed by atoms with E-state index in [0.717, 1.165) is 5.82 Å². The van der Waals surface area contributed by atoms with Gasteiger partial charge >= 0.3 is 0 Å². The molecule has 0 aliphatic carbocycles. The molecule has 0 atom stereocenters. The Kier molecular flexibility index (Phi) is 2.73. The number of imidazole rings is 1. The van der Waals surface area contributed by atoms with Crippen molar-refractivity contribution >= 4 is 11.6 Å². The summed E-state index contributed by atoms with van der Waals surface area (Å²) >= 11 is 0. The third-order valence-corrected chi connectivity index (χ3v) is 2.40. The molecule has 3 rings (SSSR count). The Balaban J connectivity index is 1.75. The second-order valence-corrected chi connectivity index (χ2v) is 3.66. The van der Waals surface area contributed by atoms with Crippen LogP contribution in [-0.4, -0.2) is 35.6 Å². The molecule has 19 heavy (non-hydrogen) atoms. The summed E-state index contributed by atoms with van der Waals surface area (Å²) in [4.78, 5) is 23.6. The molecule has 0 radical (unpaired) electrons. The van der Waals surface area contributed by atoms with Crippen molar-refractivity contribution in [2.45, 2.75) is 0 Å². The van der Waals surface area contributed by atoms with Crippen LogP contribution in [0.4, 0.5) is 5.69 Å². The van der Waals surface area contributed by atoms with Gasteiger partial charge in [0.05, 0.1) is 11.9 Å². The van der Waals surface area contributed by atoms with Crippen molar-refractivity contribution in [1.29, 1.82) is 0 Å². The highest BCUT2D eigenvalue weighted by Gasteiger charge is 2.08. The van der Waals surface area contributed by atoms with Crippen molar-refractivity contribution in [1.82, 2.24) is 29.7 Å². The van der Waals surface area contributed by atoms with E-state index in [1.165, 1.54) is 6.33 Å². The summed E-state index contributed by atoms with van der Waals surface area (Å²) in [7, 11) is 0. The number of H-pyrrole nitrogens is 1. The van der Waals surface area contributed by atoms with Gasteiger partial charge in [-0.1, -0.05) is 0 Å². The first-order chi connectivity index (χ1) is 9.33. The summed E-state index contributed by atoms with van der Waals surface area (Å²) in [5, 5.41) is 8.75. The molecule has 8 heteroatoms. The van der Waals surface area contributed by atoms with E-state index in [1.54, 1.807) is 41.6 Å². The normalized spacial score (nSPS) is 10.3. The van der Waals surface area contributed by atoms with Gasteiger partial charge in [-0.25, -0.2) is 15.0 Å². The van der Waals surface area contributed by atoms with E-state index in [0.29, 0.717) is 5.69 Å². The minimum atomic E-state index is -0.366. The quantitative estimate of drug-likeness (QED) is 0.715. The molecule has 0 aromatic carbocycles. The van der Waals surface area contributed by atoms with Gasteiger partial charge in [0.15, 0.2) is 0 Å². The number of aromatic nitrogens is 6. The number of carbonyl (C=O) groups is 1. The maximum atomic E-state index is 11.7. The van der Waals surface area contributed by atoms with Crippen molar-refractivity contribution in [3.05, 3.63) is 49.2 Å². The Morgan fingerprint density at radius 3 is 2.89 bits per heavy atom. The van der Waals surface area contributed by atoms with Gasteiger partial charge in [0.1, 0.15) is 18.5 Å². The number of amides is 1. The second kappa shape index (κ2) is 4.69. The zero-order valence-corrected chi connectivity index (χ0v) is 9.69. The molecule has 0 aliphatic rings.